The van der Waals surface area contributed by atoms with E-state index in [0.717, 1.165) is 30.8 Å². The van der Waals surface area contributed by atoms with Crippen molar-refractivity contribution in [2.45, 2.75) is 26.2 Å². The minimum atomic E-state index is 0.585. The molecule has 60 valence electrons. The van der Waals surface area contributed by atoms with Gasteiger partial charge in [-0.2, -0.15) is 0 Å². The first-order valence-electron chi connectivity index (χ1n) is 3.68. The van der Waals surface area contributed by atoms with Crippen LogP contribution in [0.15, 0.2) is 10.6 Å². The molecule has 0 amide bonds. The average molecular weight is 153 g/mol. The lowest BCUT2D eigenvalue weighted by molar-refractivity contribution is -0.107. The van der Waals surface area contributed by atoms with Crippen LogP contribution in [0.2, 0.25) is 0 Å². The lowest BCUT2D eigenvalue weighted by Crippen LogP contribution is -1.84. The molecule has 0 aliphatic rings. The third-order valence-electron chi connectivity index (χ3n) is 1.38. The van der Waals surface area contributed by atoms with E-state index >= 15 is 0 Å². The molecule has 0 spiro atoms. The Hall–Kier alpha value is -1.12. The third-order valence-corrected chi connectivity index (χ3v) is 1.38. The average Bonchev–Trinajstić information content (AvgIpc) is 2.37. The van der Waals surface area contributed by atoms with Crippen molar-refractivity contribution in [2.24, 2.45) is 0 Å². The lowest BCUT2D eigenvalue weighted by atomic mass is 10.2. The van der Waals surface area contributed by atoms with Crippen molar-refractivity contribution in [2.75, 3.05) is 0 Å². The van der Waals surface area contributed by atoms with Gasteiger partial charge in [0.05, 0.1) is 6.20 Å². The molecule has 1 heterocycles. The fraction of sp³-hybridized carbons (Fsp3) is 0.500. The van der Waals surface area contributed by atoms with Crippen LogP contribution < -0.4 is 0 Å². The van der Waals surface area contributed by atoms with E-state index in [9.17, 15) is 4.79 Å². The largest absolute Gasteiger partial charge is 0.446 e. The van der Waals surface area contributed by atoms with E-state index in [4.69, 9.17) is 4.42 Å². The second-order valence-corrected chi connectivity index (χ2v) is 2.42. The number of aryl methyl sites for hydroxylation is 2. The van der Waals surface area contributed by atoms with Crippen LogP contribution in [-0.4, -0.2) is 11.3 Å². The number of aromatic nitrogens is 1. The van der Waals surface area contributed by atoms with E-state index in [1.54, 1.807) is 6.20 Å². The molecule has 0 aliphatic carbocycles. The zero-order chi connectivity index (χ0) is 8.10. The Morgan fingerprint density at radius 3 is 3.09 bits per heavy atom. The number of hydrogen-bond donors (Lipinski definition) is 0. The van der Waals surface area contributed by atoms with Gasteiger partial charge in [0, 0.05) is 12.8 Å². The molecule has 1 aromatic heterocycles. The van der Waals surface area contributed by atoms with Crippen molar-refractivity contribution in [3.8, 4) is 0 Å². The van der Waals surface area contributed by atoms with Crippen molar-refractivity contribution in [1.82, 2.24) is 4.98 Å². The Kier molecular flexibility index (Phi) is 2.83. The van der Waals surface area contributed by atoms with Gasteiger partial charge in [-0.3, -0.25) is 0 Å². The molecule has 0 saturated carbocycles. The van der Waals surface area contributed by atoms with Gasteiger partial charge in [-0.1, -0.05) is 0 Å². The molecule has 0 radical (unpaired) electrons. The molecule has 0 aliphatic heterocycles. The quantitative estimate of drug-likeness (QED) is 0.486. The van der Waals surface area contributed by atoms with Crippen LogP contribution in [0.25, 0.3) is 0 Å². The second kappa shape index (κ2) is 3.91. The summed E-state index contributed by atoms with van der Waals surface area (Å²) in [5, 5.41) is 0. The number of carbonyl (C=O) groups excluding carboxylic acids is 1. The Morgan fingerprint density at radius 2 is 2.55 bits per heavy atom. The van der Waals surface area contributed by atoms with E-state index in [1.165, 1.54) is 0 Å². The molecule has 0 saturated heterocycles. The second-order valence-electron chi connectivity index (χ2n) is 2.42. The van der Waals surface area contributed by atoms with Crippen molar-refractivity contribution in [3.05, 3.63) is 17.8 Å². The molecule has 0 fully saturated rings. The maximum Gasteiger partial charge on any atom is 0.194 e. The van der Waals surface area contributed by atoms with Gasteiger partial charge in [-0.15, -0.1) is 0 Å². The van der Waals surface area contributed by atoms with Crippen LogP contribution >= 0.6 is 0 Å². The topological polar surface area (TPSA) is 43.1 Å². The molecular weight excluding hydrogens is 142 g/mol. The van der Waals surface area contributed by atoms with Crippen LogP contribution in [-0.2, 0) is 11.2 Å². The molecule has 0 N–H and O–H groups in total. The van der Waals surface area contributed by atoms with E-state index < -0.39 is 0 Å². The zero-order valence-corrected chi connectivity index (χ0v) is 6.54. The third kappa shape index (κ3) is 2.53. The number of unbranched alkanes of at least 4 members (excludes halogenated alkanes) is 1. The molecule has 1 rings (SSSR count). The van der Waals surface area contributed by atoms with E-state index in [1.807, 2.05) is 6.92 Å². The summed E-state index contributed by atoms with van der Waals surface area (Å²) < 4.78 is 5.20. The van der Waals surface area contributed by atoms with E-state index in [2.05, 4.69) is 4.98 Å². The van der Waals surface area contributed by atoms with Gasteiger partial charge in [0.1, 0.15) is 12.0 Å². The summed E-state index contributed by atoms with van der Waals surface area (Å²) in [4.78, 5) is 14.0. The van der Waals surface area contributed by atoms with Crippen LogP contribution in [0.4, 0.5) is 0 Å². The minimum Gasteiger partial charge on any atom is -0.446 e. The monoisotopic (exact) mass is 153 g/mol. The number of oxazole rings is 1. The van der Waals surface area contributed by atoms with Crippen LogP contribution in [0.1, 0.15) is 24.5 Å². The molecule has 1 aromatic rings. The van der Waals surface area contributed by atoms with E-state index in [0.29, 0.717) is 6.42 Å². The number of rotatable bonds is 4. The van der Waals surface area contributed by atoms with Crippen molar-refractivity contribution < 1.29 is 9.21 Å². The summed E-state index contributed by atoms with van der Waals surface area (Å²) in [5.74, 6) is 1.55. The molecule has 3 nitrogen and oxygen atoms in total. The lowest BCUT2D eigenvalue weighted by Gasteiger charge is -1.89. The number of hydrogen-bond acceptors (Lipinski definition) is 3. The van der Waals surface area contributed by atoms with Crippen molar-refractivity contribution >= 4 is 6.29 Å². The van der Waals surface area contributed by atoms with Crippen LogP contribution in [0.3, 0.4) is 0 Å². The number of carbonyl (C=O) groups is 1. The summed E-state index contributed by atoms with van der Waals surface area (Å²) in [6.45, 7) is 1.86. The maximum atomic E-state index is 9.95. The Bertz CT molecular complexity index is 230. The smallest absolute Gasteiger partial charge is 0.194 e. The highest BCUT2D eigenvalue weighted by molar-refractivity contribution is 5.49. The fourth-order valence-corrected chi connectivity index (χ4v) is 0.854. The van der Waals surface area contributed by atoms with Gasteiger partial charge in [0.15, 0.2) is 5.89 Å². The SMILES string of the molecule is Cc1cnc(CCCC=O)o1. The van der Waals surface area contributed by atoms with Gasteiger partial charge >= 0.3 is 0 Å². The first kappa shape index (κ1) is 7.98. The highest BCUT2D eigenvalue weighted by Gasteiger charge is 1.98. The normalized spacial score (nSPS) is 9.91. The van der Waals surface area contributed by atoms with Gasteiger partial charge in [0.25, 0.3) is 0 Å². The van der Waals surface area contributed by atoms with Crippen molar-refractivity contribution in [3.63, 3.8) is 0 Å². The molecule has 3 heteroatoms. The summed E-state index contributed by atoms with van der Waals surface area (Å²) in [7, 11) is 0. The highest BCUT2D eigenvalue weighted by atomic mass is 16.3. The van der Waals surface area contributed by atoms with Gasteiger partial charge in [-0.05, 0) is 13.3 Å². The van der Waals surface area contributed by atoms with Crippen LogP contribution in [0.5, 0.6) is 0 Å². The summed E-state index contributed by atoms with van der Waals surface area (Å²) >= 11 is 0. The molecule has 0 unspecified atom stereocenters. The molecule has 0 atom stereocenters. The zero-order valence-electron chi connectivity index (χ0n) is 6.54. The van der Waals surface area contributed by atoms with E-state index in [-0.39, 0.29) is 0 Å². The van der Waals surface area contributed by atoms with Gasteiger partial charge in [-0.25, -0.2) is 4.98 Å². The predicted molar refractivity (Wildman–Crippen MR) is 40.2 cm³/mol. The predicted octanol–water partition coefficient (Wildman–Crippen LogP) is 1.50. The minimum absolute atomic E-state index is 0.585. The van der Waals surface area contributed by atoms with Gasteiger partial charge in [0.2, 0.25) is 0 Å². The first-order chi connectivity index (χ1) is 5.33. The number of nitrogens with zero attached hydrogens (tertiary/aromatic N) is 1. The first-order valence-corrected chi connectivity index (χ1v) is 3.68. The molecular formula is C8H11NO2. The fourth-order valence-electron chi connectivity index (χ4n) is 0.854. The molecule has 0 aromatic carbocycles. The Labute approximate surface area is 65.4 Å². The maximum absolute atomic E-state index is 9.95. The Balaban J connectivity index is 2.32. The summed E-state index contributed by atoms with van der Waals surface area (Å²) in [6, 6.07) is 0. The summed E-state index contributed by atoms with van der Waals surface area (Å²) in [5.41, 5.74) is 0. The number of aldehydes is 1. The van der Waals surface area contributed by atoms with Crippen LogP contribution in [0, 0.1) is 6.92 Å². The Morgan fingerprint density at radius 1 is 1.73 bits per heavy atom. The van der Waals surface area contributed by atoms with Gasteiger partial charge < -0.3 is 9.21 Å². The standard InChI is InChI=1S/C8H11NO2/c1-7-6-9-8(11-7)4-2-3-5-10/h5-6H,2-4H2,1H3. The summed E-state index contributed by atoms with van der Waals surface area (Å²) in [6.07, 6.45) is 4.77. The van der Waals surface area contributed by atoms with Crippen molar-refractivity contribution in [1.29, 1.82) is 0 Å². The molecule has 0 bridgehead atoms. The highest BCUT2D eigenvalue weighted by Crippen LogP contribution is 2.04. The molecule has 11 heavy (non-hydrogen) atoms.